The van der Waals surface area contributed by atoms with E-state index in [1.54, 1.807) is 0 Å². The van der Waals surface area contributed by atoms with Gasteiger partial charge in [0.2, 0.25) is 0 Å². The highest BCUT2D eigenvalue weighted by atomic mass is 16.6. The van der Waals surface area contributed by atoms with E-state index >= 15 is 0 Å². The first-order chi connectivity index (χ1) is 40.5. The lowest BCUT2D eigenvalue weighted by molar-refractivity contribution is -0.167. The van der Waals surface area contributed by atoms with E-state index in [0.717, 1.165) is 161 Å². The van der Waals surface area contributed by atoms with Crippen molar-refractivity contribution in [2.45, 2.75) is 290 Å². The van der Waals surface area contributed by atoms with E-state index in [1.165, 1.54) is 83.5 Å². The summed E-state index contributed by atoms with van der Waals surface area (Å²) in [6.45, 7) is 6.37. The third-order valence-electron chi connectivity index (χ3n) is 13.7. The molecule has 0 aliphatic carbocycles. The van der Waals surface area contributed by atoms with Crippen LogP contribution in [0.25, 0.3) is 0 Å². The third-order valence-corrected chi connectivity index (χ3v) is 13.7. The van der Waals surface area contributed by atoms with E-state index in [9.17, 15) is 14.4 Å². The summed E-state index contributed by atoms with van der Waals surface area (Å²) in [5.74, 6) is -0.957. The molecule has 0 aromatic carbocycles. The van der Waals surface area contributed by atoms with E-state index in [0.29, 0.717) is 19.3 Å². The van der Waals surface area contributed by atoms with E-state index in [1.807, 2.05) is 0 Å². The topological polar surface area (TPSA) is 78.9 Å². The summed E-state index contributed by atoms with van der Waals surface area (Å²) in [5, 5.41) is 0. The number of carbonyl (C=O) groups is 3. The first-order valence-electron chi connectivity index (χ1n) is 33.5. The van der Waals surface area contributed by atoms with Crippen LogP contribution in [0.1, 0.15) is 284 Å². The molecule has 0 rings (SSSR count). The zero-order valence-electron chi connectivity index (χ0n) is 52.9. The monoisotopic (exact) mass is 1130 g/mol. The maximum atomic E-state index is 12.9. The fraction of sp³-hybridized carbons (Fsp3) is 0.618. The highest BCUT2D eigenvalue weighted by Crippen LogP contribution is 2.15. The lowest BCUT2D eigenvalue weighted by atomic mass is 10.1. The Labute approximate surface area is 505 Å². The smallest absolute Gasteiger partial charge is 0.306 e. The van der Waals surface area contributed by atoms with Gasteiger partial charge in [-0.15, -0.1) is 0 Å². The van der Waals surface area contributed by atoms with Crippen LogP contribution >= 0.6 is 0 Å². The molecule has 0 aliphatic rings. The summed E-state index contributed by atoms with van der Waals surface area (Å²) in [4.78, 5) is 38.3. The van der Waals surface area contributed by atoms with Crippen molar-refractivity contribution in [3.63, 3.8) is 0 Å². The van der Waals surface area contributed by atoms with Gasteiger partial charge in [0.15, 0.2) is 6.10 Å². The molecule has 0 bridgehead atoms. The minimum atomic E-state index is -0.808. The fourth-order valence-corrected chi connectivity index (χ4v) is 8.80. The van der Waals surface area contributed by atoms with Crippen molar-refractivity contribution in [2.75, 3.05) is 13.2 Å². The number of hydrogen-bond acceptors (Lipinski definition) is 6. The zero-order valence-corrected chi connectivity index (χ0v) is 52.9. The van der Waals surface area contributed by atoms with Gasteiger partial charge in [0.1, 0.15) is 13.2 Å². The van der Waals surface area contributed by atoms with Gasteiger partial charge in [-0.1, -0.05) is 275 Å². The average Bonchev–Trinajstić information content (AvgIpc) is 3.47. The first-order valence-corrected chi connectivity index (χ1v) is 33.5. The minimum absolute atomic E-state index is 0.105. The number of hydrogen-bond donors (Lipinski definition) is 0. The summed E-state index contributed by atoms with van der Waals surface area (Å²) in [7, 11) is 0. The molecule has 0 radical (unpaired) electrons. The van der Waals surface area contributed by atoms with Gasteiger partial charge >= 0.3 is 17.9 Å². The van der Waals surface area contributed by atoms with Gasteiger partial charge in [-0.3, -0.25) is 14.4 Å². The number of allylic oxidation sites excluding steroid dienone is 26. The second-order valence-corrected chi connectivity index (χ2v) is 21.6. The summed E-state index contributed by atoms with van der Waals surface area (Å²) in [5.41, 5.74) is 0. The van der Waals surface area contributed by atoms with Gasteiger partial charge in [-0.05, 0) is 148 Å². The van der Waals surface area contributed by atoms with Crippen LogP contribution in [0.15, 0.2) is 158 Å². The number of unbranched alkanes of at least 4 members (excludes halogenated alkanes) is 22. The molecule has 0 N–H and O–H groups in total. The molecular weight excluding hydrogens is 1010 g/mol. The predicted octanol–water partition coefficient (Wildman–Crippen LogP) is 23.3. The molecule has 0 fully saturated rings. The van der Waals surface area contributed by atoms with Crippen LogP contribution in [0.4, 0.5) is 0 Å². The minimum Gasteiger partial charge on any atom is -0.462 e. The van der Waals surface area contributed by atoms with E-state index in [-0.39, 0.29) is 31.1 Å². The molecule has 462 valence electrons. The molecule has 0 saturated heterocycles. The van der Waals surface area contributed by atoms with Crippen LogP contribution in [0, 0.1) is 0 Å². The Balaban J connectivity index is 4.37. The first kappa shape index (κ1) is 77.0. The molecule has 0 saturated carbocycles. The Kier molecular flexibility index (Phi) is 64.4. The van der Waals surface area contributed by atoms with Crippen LogP contribution in [0.3, 0.4) is 0 Å². The highest BCUT2D eigenvalue weighted by Gasteiger charge is 2.19. The summed E-state index contributed by atoms with van der Waals surface area (Å²) in [6.07, 6.45) is 99.7. The van der Waals surface area contributed by atoms with Crippen LogP contribution in [-0.4, -0.2) is 37.2 Å². The van der Waals surface area contributed by atoms with Crippen LogP contribution < -0.4 is 0 Å². The number of rotatable bonds is 59. The van der Waals surface area contributed by atoms with Crippen molar-refractivity contribution >= 4 is 17.9 Å². The fourth-order valence-electron chi connectivity index (χ4n) is 8.80. The van der Waals surface area contributed by atoms with E-state index in [4.69, 9.17) is 14.2 Å². The van der Waals surface area contributed by atoms with Crippen LogP contribution in [-0.2, 0) is 28.6 Å². The molecule has 0 aliphatic heterocycles. The standard InChI is InChI=1S/C76H122O6/c1-4-7-10-13-16-19-22-25-27-29-31-32-33-34-35-36-37-38-39-40-41-42-43-44-45-47-48-51-54-57-60-63-66-69-75(78)81-72-73(71-80-74(77)68-65-62-59-56-53-50-24-21-18-15-12-9-6-3)82-76(79)70-67-64-61-58-55-52-49-46-30-28-26-23-20-17-14-11-8-5-2/h7,9-10,12,16,18-19,21,25,27-28,30-32,34-35,37-38,40-41,43-44,47-48,50,53,73H,4-6,8,11,13-15,17,20,22-24,26,29,33,36,39,42,45-46,49,51-52,54-72H2,1-3H3/b10-7-,12-9-,19-16-,21-18-,27-25-,30-28-,32-31-,35-34-,38-37-,41-40-,44-43-,48-47-,53-50-. The summed E-state index contributed by atoms with van der Waals surface area (Å²) >= 11 is 0. The second kappa shape index (κ2) is 68.5. The Morgan fingerprint density at radius 1 is 0.256 bits per heavy atom. The molecule has 0 amide bonds. The molecule has 1 atom stereocenters. The Morgan fingerprint density at radius 2 is 0.476 bits per heavy atom. The number of esters is 3. The predicted molar refractivity (Wildman–Crippen MR) is 357 cm³/mol. The second-order valence-electron chi connectivity index (χ2n) is 21.6. The van der Waals surface area contributed by atoms with Gasteiger partial charge in [-0.2, -0.15) is 0 Å². The SMILES string of the molecule is CC/C=C\C/C=C\C/C=C\C/C=C\C/C=C\C/C=C\C/C=C\C/C=C\C/C=C\CCCCCCCC(=O)OCC(COC(=O)CCCCC/C=C\C/C=C\C/C=C\CC)OC(=O)CCCCCCCCC/C=C\CCCCCCCCC. The van der Waals surface area contributed by atoms with Gasteiger partial charge in [0.05, 0.1) is 0 Å². The average molecular weight is 1130 g/mol. The third kappa shape index (κ3) is 65.8. The molecule has 1 unspecified atom stereocenters. The molecular formula is C76H122O6. The number of ether oxygens (including phenoxy) is 3. The van der Waals surface area contributed by atoms with Crippen molar-refractivity contribution in [3.05, 3.63) is 158 Å². The maximum absolute atomic E-state index is 12.9. The van der Waals surface area contributed by atoms with Crippen LogP contribution in [0.2, 0.25) is 0 Å². The van der Waals surface area contributed by atoms with Crippen molar-refractivity contribution in [1.82, 2.24) is 0 Å². The Hall–Kier alpha value is -4.97. The molecule has 0 spiro atoms. The molecule has 82 heavy (non-hydrogen) atoms. The maximum Gasteiger partial charge on any atom is 0.306 e. The molecule has 0 aromatic heterocycles. The van der Waals surface area contributed by atoms with Gasteiger partial charge < -0.3 is 14.2 Å². The van der Waals surface area contributed by atoms with Crippen molar-refractivity contribution < 1.29 is 28.6 Å². The van der Waals surface area contributed by atoms with Crippen molar-refractivity contribution in [2.24, 2.45) is 0 Å². The molecule has 0 aromatic rings. The van der Waals surface area contributed by atoms with Gasteiger partial charge in [0, 0.05) is 19.3 Å². The molecule has 6 heteroatoms. The van der Waals surface area contributed by atoms with Crippen LogP contribution in [0.5, 0.6) is 0 Å². The van der Waals surface area contributed by atoms with Crippen molar-refractivity contribution in [1.29, 1.82) is 0 Å². The Bertz CT molecular complexity index is 1830. The summed E-state index contributed by atoms with van der Waals surface area (Å²) in [6, 6.07) is 0. The molecule has 6 nitrogen and oxygen atoms in total. The largest absolute Gasteiger partial charge is 0.462 e. The van der Waals surface area contributed by atoms with Crippen molar-refractivity contribution in [3.8, 4) is 0 Å². The van der Waals surface area contributed by atoms with E-state index < -0.39 is 6.10 Å². The number of carbonyl (C=O) groups excluding carboxylic acids is 3. The quantitative estimate of drug-likeness (QED) is 0.0261. The molecule has 0 heterocycles. The highest BCUT2D eigenvalue weighted by molar-refractivity contribution is 5.71. The lowest BCUT2D eigenvalue weighted by Crippen LogP contribution is -2.30. The zero-order chi connectivity index (χ0) is 59.2. The van der Waals surface area contributed by atoms with E-state index in [2.05, 4.69) is 179 Å². The lowest BCUT2D eigenvalue weighted by Gasteiger charge is -2.18. The van der Waals surface area contributed by atoms with Gasteiger partial charge in [-0.25, -0.2) is 0 Å². The normalized spacial score (nSPS) is 13.2. The Morgan fingerprint density at radius 3 is 0.768 bits per heavy atom. The van der Waals surface area contributed by atoms with Gasteiger partial charge in [0.25, 0.3) is 0 Å². The summed E-state index contributed by atoms with van der Waals surface area (Å²) < 4.78 is 16.9.